The quantitative estimate of drug-likeness (QED) is 0.643. The van der Waals surface area contributed by atoms with Crippen molar-refractivity contribution in [1.29, 1.82) is 0 Å². The van der Waals surface area contributed by atoms with Crippen LogP contribution in [0.15, 0.2) is 48.5 Å². The topological polar surface area (TPSA) is 61.4 Å². The number of halogens is 1. The molecule has 2 saturated carbocycles. The summed E-state index contributed by atoms with van der Waals surface area (Å²) < 4.78 is 14.2. The number of hydrogen-bond acceptors (Lipinski definition) is 3. The zero-order chi connectivity index (χ0) is 22.5. The van der Waals surface area contributed by atoms with Gasteiger partial charge in [-0.1, -0.05) is 49.6 Å². The highest BCUT2D eigenvalue weighted by molar-refractivity contribution is 6.02. The van der Waals surface area contributed by atoms with Gasteiger partial charge < -0.3 is 10.6 Å². The van der Waals surface area contributed by atoms with Crippen molar-refractivity contribution in [3.05, 3.63) is 65.5 Å². The van der Waals surface area contributed by atoms with E-state index >= 15 is 0 Å². The van der Waals surface area contributed by atoms with E-state index in [-0.39, 0.29) is 24.4 Å². The lowest BCUT2D eigenvalue weighted by molar-refractivity contribution is -0.127. The molecule has 2 aromatic rings. The van der Waals surface area contributed by atoms with E-state index in [1.807, 2.05) is 31.2 Å². The normalized spacial score (nSPS) is 17.6. The molecule has 170 valence electrons. The fourth-order valence-corrected chi connectivity index (χ4v) is 4.49. The standard InChI is InChI=1S/C26H32FN3O2/c1-18-8-5-6-13-23(18)25(26(32)29-21-10-3-2-4-11-21)30(22-12-7-9-19(27)16-22)24(31)17-28-20-14-15-20/h5-9,12-13,16,20-21,25,28H,2-4,10-11,14-15,17H2,1H3,(H,29,32). The molecule has 6 heteroatoms. The number of anilines is 1. The smallest absolute Gasteiger partial charge is 0.248 e. The predicted octanol–water partition coefficient (Wildman–Crippen LogP) is 4.41. The summed E-state index contributed by atoms with van der Waals surface area (Å²) in [6.07, 6.45) is 7.38. The largest absolute Gasteiger partial charge is 0.351 e. The summed E-state index contributed by atoms with van der Waals surface area (Å²) in [6.45, 7) is 2.05. The van der Waals surface area contributed by atoms with Gasteiger partial charge in [0.15, 0.2) is 0 Å². The molecular weight excluding hydrogens is 405 g/mol. The van der Waals surface area contributed by atoms with Crippen LogP contribution >= 0.6 is 0 Å². The van der Waals surface area contributed by atoms with E-state index in [2.05, 4.69) is 10.6 Å². The number of amides is 2. The van der Waals surface area contributed by atoms with Gasteiger partial charge in [0.25, 0.3) is 0 Å². The third kappa shape index (κ3) is 5.54. The molecule has 0 saturated heterocycles. The van der Waals surface area contributed by atoms with Gasteiger partial charge in [-0.2, -0.15) is 0 Å². The van der Waals surface area contributed by atoms with Crippen LogP contribution in [0.25, 0.3) is 0 Å². The van der Waals surface area contributed by atoms with Gasteiger partial charge >= 0.3 is 0 Å². The minimum absolute atomic E-state index is 0.108. The summed E-state index contributed by atoms with van der Waals surface area (Å²) >= 11 is 0. The van der Waals surface area contributed by atoms with Crippen LogP contribution in [0.5, 0.6) is 0 Å². The Kier molecular flexibility index (Phi) is 7.20. The van der Waals surface area contributed by atoms with Gasteiger partial charge in [0, 0.05) is 17.8 Å². The van der Waals surface area contributed by atoms with Crippen molar-refractivity contribution >= 4 is 17.5 Å². The van der Waals surface area contributed by atoms with Crippen LogP contribution in [-0.2, 0) is 9.59 Å². The van der Waals surface area contributed by atoms with E-state index in [1.165, 1.54) is 23.5 Å². The molecule has 1 atom stereocenters. The van der Waals surface area contributed by atoms with Crippen molar-refractivity contribution in [3.63, 3.8) is 0 Å². The second kappa shape index (κ2) is 10.3. The van der Waals surface area contributed by atoms with Crippen LogP contribution < -0.4 is 15.5 Å². The maximum atomic E-state index is 14.2. The molecule has 2 aromatic carbocycles. The zero-order valence-electron chi connectivity index (χ0n) is 18.6. The van der Waals surface area contributed by atoms with Crippen LogP contribution in [0, 0.1) is 12.7 Å². The van der Waals surface area contributed by atoms with E-state index in [4.69, 9.17) is 0 Å². The maximum absolute atomic E-state index is 14.2. The molecule has 2 aliphatic carbocycles. The van der Waals surface area contributed by atoms with Gasteiger partial charge in [0.05, 0.1) is 6.54 Å². The highest BCUT2D eigenvalue weighted by atomic mass is 19.1. The molecule has 0 aromatic heterocycles. The first-order valence-corrected chi connectivity index (χ1v) is 11.7. The molecule has 1 unspecified atom stereocenters. The molecule has 0 aliphatic heterocycles. The number of rotatable bonds is 8. The predicted molar refractivity (Wildman–Crippen MR) is 124 cm³/mol. The second-order valence-corrected chi connectivity index (χ2v) is 9.00. The fourth-order valence-electron chi connectivity index (χ4n) is 4.49. The lowest BCUT2D eigenvalue weighted by atomic mass is 9.93. The second-order valence-electron chi connectivity index (χ2n) is 9.00. The Balaban J connectivity index is 1.71. The molecule has 5 nitrogen and oxygen atoms in total. The van der Waals surface area contributed by atoms with E-state index in [0.29, 0.717) is 11.7 Å². The number of nitrogens with zero attached hydrogens (tertiary/aromatic N) is 1. The van der Waals surface area contributed by atoms with Crippen molar-refractivity contribution in [2.75, 3.05) is 11.4 Å². The lowest BCUT2D eigenvalue weighted by Crippen LogP contribution is -2.49. The fraction of sp³-hybridized carbons (Fsp3) is 0.462. The molecule has 4 rings (SSSR count). The molecule has 2 N–H and O–H groups in total. The van der Waals surface area contributed by atoms with Crippen LogP contribution in [0.3, 0.4) is 0 Å². The first-order chi connectivity index (χ1) is 15.5. The summed E-state index contributed by atoms with van der Waals surface area (Å²) in [5.74, 6) is -0.892. The Morgan fingerprint density at radius 3 is 2.44 bits per heavy atom. The van der Waals surface area contributed by atoms with E-state index in [9.17, 15) is 14.0 Å². The number of aryl methyl sites for hydroxylation is 1. The van der Waals surface area contributed by atoms with E-state index < -0.39 is 11.9 Å². The zero-order valence-corrected chi connectivity index (χ0v) is 18.6. The SMILES string of the molecule is Cc1ccccc1C(C(=O)NC1CCCCC1)N(C(=O)CNC1CC1)c1cccc(F)c1. The first-order valence-electron chi connectivity index (χ1n) is 11.7. The van der Waals surface area contributed by atoms with Crippen molar-refractivity contribution in [3.8, 4) is 0 Å². The molecule has 0 spiro atoms. The van der Waals surface area contributed by atoms with Gasteiger partial charge in [0.1, 0.15) is 11.9 Å². The molecule has 2 aliphatic rings. The third-order valence-electron chi connectivity index (χ3n) is 6.42. The average molecular weight is 438 g/mol. The minimum atomic E-state index is -0.867. The van der Waals surface area contributed by atoms with Crippen LogP contribution in [0.1, 0.15) is 62.1 Å². The summed E-state index contributed by atoms with van der Waals surface area (Å²) in [5, 5.41) is 6.44. The summed E-state index contributed by atoms with van der Waals surface area (Å²) in [6, 6.07) is 13.1. The van der Waals surface area contributed by atoms with Crippen LogP contribution in [0.4, 0.5) is 10.1 Å². The van der Waals surface area contributed by atoms with Gasteiger partial charge in [-0.15, -0.1) is 0 Å². The molecule has 2 fully saturated rings. The van der Waals surface area contributed by atoms with Crippen molar-refractivity contribution in [1.82, 2.24) is 10.6 Å². The van der Waals surface area contributed by atoms with Gasteiger partial charge in [-0.3, -0.25) is 14.5 Å². The maximum Gasteiger partial charge on any atom is 0.248 e. The van der Waals surface area contributed by atoms with E-state index in [0.717, 1.165) is 49.7 Å². The molecular formula is C26H32FN3O2. The highest BCUT2D eigenvalue weighted by Gasteiger charge is 2.35. The lowest BCUT2D eigenvalue weighted by Gasteiger charge is -2.34. The molecule has 0 heterocycles. The van der Waals surface area contributed by atoms with Gasteiger partial charge in [-0.25, -0.2) is 4.39 Å². The number of carbonyl (C=O) groups excluding carboxylic acids is 2. The van der Waals surface area contributed by atoms with Crippen molar-refractivity contribution < 1.29 is 14.0 Å². The molecule has 2 amide bonds. The Labute approximate surface area is 189 Å². The monoisotopic (exact) mass is 437 g/mol. The Morgan fingerprint density at radius 1 is 1.00 bits per heavy atom. The third-order valence-corrected chi connectivity index (χ3v) is 6.42. The number of hydrogen-bond donors (Lipinski definition) is 2. The van der Waals surface area contributed by atoms with Gasteiger partial charge in [-0.05, 0) is 61.9 Å². The number of nitrogens with one attached hydrogen (secondary N) is 2. The Morgan fingerprint density at radius 2 is 1.75 bits per heavy atom. The van der Waals surface area contributed by atoms with Crippen LogP contribution in [-0.4, -0.2) is 30.4 Å². The minimum Gasteiger partial charge on any atom is -0.351 e. The molecule has 0 bridgehead atoms. The van der Waals surface area contributed by atoms with Crippen molar-refractivity contribution in [2.45, 2.75) is 70.0 Å². The summed E-state index contributed by atoms with van der Waals surface area (Å²) in [5.41, 5.74) is 2.06. The Bertz CT molecular complexity index is 954. The van der Waals surface area contributed by atoms with Crippen molar-refractivity contribution in [2.24, 2.45) is 0 Å². The highest BCUT2D eigenvalue weighted by Crippen LogP contribution is 2.31. The first kappa shape index (κ1) is 22.5. The molecule has 32 heavy (non-hydrogen) atoms. The average Bonchev–Trinajstić information content (AvgIpc) is 3.62. The number of benzene rings is 2. The summed E-state index contributed by atoms with van der Waals surface area (Å²) in [7, 11) is 0. The number of carbonyl (C=O) groups is 2. The molecule has 0 radical (unpaired) electrons. The van der Waals surface area contributed by atoms with E-state index in [1.54, 1.807) is 12.1 Å². The Hall–Kier alpha value is -2.73. The van der Waals surface area contributed by atoms with Crippen LogP contribution in [0.2, 0.25) is 0 Å². The summed E-state index contributed by atoms with van der Waals surface area (Å²) in [4.78, 5) is 28.6. The van der Waals surface area contributed by atoms with Gasteiger partial charge in [0.2, 0.25) is 11.8 Å².